The minimum absolute atomic E-state index is 0.680. The predicted octanol–water partition coefficient (Wildman–Crippen LogP) is 3.67. The molecular formula is C16H34N2. The molecule has 108 valence electrons. The van der Waals surface area contributed by atoms with Crippen LogP contribution >= 0.6 is 0 Å². The van der Waals surface area contributed by atoms with Crippen molar-refractivity contribution in [2.24, 2.45) is 5.92 Å². The summed E-state index contributed by atoms with van der Waals surface area (Å²) in [6.07, 6.45) is 8.44. The van der Waals surface area contributed by atoms with E-state index in [1.54, 1.807) is 0 Å². The zero-order valence-electron chi connectivity index (χ0n) is 13.0. The van der Waals surface area contributed by atoms with Crippen LogP contribution in [0.2, 0.25) is 0 Å². The molecule has 1 fully saturated rings. The minimum atomic E-state index is 0.680. The van der Waals surface area contributed by atoms with E-state index in [-0.39, 0.29) is 0 Å². The first-order valence-electron chi connectivity index (χ1n) is 8.11. The smallest absolute Gasteiger partial charge is 0.00953 e. The zero-order valence-corrected chi connectivity index (χ0v) is 13.0. The molecule has 1 aliphatic rings. The van der Waals surface area contributed by atoms with E-state index in [0.29, 0.717) is 6.04 Å². The Morgan fingerprint density at radius 2 is 1.83 bits per heavy atom. The molecule has 0 bridgehead atoms. The summed E-state index contributed by atoms with van der Waals surface area (Å²) in [5, 5.41) is 3.51. The summed E-state index contributed by atoms with van der Waals surface area (Å²) >= 11 is 0. The van der Waals surface area contributed by atoms with Gasteiger partial charge in [0.2, 0.25) is 0 Å². The average molecular weight is 254 g/mol. The van der Waals surface area contributed by atoms with Gasteiger partial charge in [-0.2, -0.15) is 0 Å². The van der Waals surface area contributed by atoms with Gasteiger partial charge in [-0.25, -0.2) is 0 Å². The Hall–Kier alpha value is -0.0800. The van der Waals surface area contributed by atoms with E-state index < -0.39 is 0 Å². The van der Waals surface area contributed by atoms with E-state index >= 15 is 0 Å². The molecule has 0 aromatic heterocycles. The van der Waals surface area contributed by atoms with Crippen molar-refractivity contribution >= 4 is 0 Å². The quantitative estimate of drug-likeness (QED) is 0.675. The van der Waals surface area contributed by atoms with Crippen molar-refractivity contribution in [1.29, 1.82) is 0 Å². The highest BCUT2D eigenvalue weighted by Gasteiger charge is 2.22. The first-order valence-corrected chi connectivity index (χ1v) is 8.11. The number of hydrogen-bond donors (Lipinski definition) is 1. The number of nitrogens with one attached hydrogen (secondary N) is 1. The number of hydrogen-bond acceptors (Lipinski definition) is 2. The fourth-order valence-electron chi connectivity index (χ4n) is 3.21. The van der Waals surface area contributed by atoms with Crippen LogP contribution in [0.3, 0.4) is 0 Å². The Balaban J connectivity index is 2.27. The van der Waals surface area contributed by atoms with Crippen LogP contribution in [0.25, 0.3) is 0 Å². The third-order valence-corrected chi connectivity index (χ3v) is 4.08. The molecule has 0 saturated heterocycles. The zero-order chi connectivity index (χ0) is 13.4. The maximum absolute atomic E-state index is 3.51. The summed E-state index contributed by atoms with van der Waals surface area (Å²) < 4.78 is 0. The summed E-state index contributed by atoms with van der Waals surface area (Å²) in [6, 6.07) is 1.57. The average Bonchev–Trinajstić information content (AvgIpc) is 2.81. The maximum Gasteiger partial charge on any atom is 0.00953 e. The molecule has 0 aromatic rings. The Kier molecular flexibility index (Phi) is 7.92. The van der Waals surface area contributed by atoms with Crippen molar-refractivity contribution in [3.63, 3.8) is 0 Å². The lowest BCUT2D eigenvalue weighted by molar-refractivity contribution is 0.172. The van der Waals surface area contributed by atoms with Gasteiger partial charge in [-0.3, -0.25) is 0 Å². The predicted molar refractivity (Wildman–Crippen MR) is 81.0 cm³/mol. The topological polar surface area (TPSA) is 15.3 Å². The van der Waals surface area contributed by atoms with Crippen LogP contribution in [0, 0.1) is 5.92 Å². The van der Waals surface area contributed by atoms with Crippen molar-refractivity contribution < 1.29 is 0 Å². The normalized spacial score (nSPS) is 19.0. The van der Waals surface area contributed by atoms with Gasteiger partial charge >= 0.3 is 0 Å². The molecule has 1 saturated carbocycles. The molecule has 2 heteroatoms. The lowest BCUT2D eigenvalue weighted by Crippen LogP contribution is -2.37. The third-order valence-electron chi connectivity index (χ3n) is 4.08. The van der Waals surface area contributed by atoms with Gasteiger partial charge in [-0.05, 0) is 51.6 Å². The second-order valence-electron chi connectivity index (χ2n) is 6.43. The molecule has 1 unspecified atom stereocenters. The summed E-state index contributed by atoms with van der Waals surface area (Å²) in [5.74, 6) is 0.803. The van der Waals surface area contributed by atoms with Crippen molar-refractivity contribution in [3.8, 4) is 0 Å². The third kappa shape index (κ3) is 6.19. The van der Waals surface area contributed by atoms with Crippen LogP contribution in [0.1, 0.15) is 66.2 Å². The van der Waals surface area contributed by atoms with Crippen LogP contribution in [-0.2, 0) is 0 Å². The fraction of sp³-hybridized carbons (Fsp3) is 1.00. The Labute approximate surface area is 115 Å². The molecule has 0 spiro atoms. The summed E-state index contributed by atoms with van der Waals surface area (Å²) in [7, 11) is 0. The number of rotatable bonds is 9. The maximum atomic E-state index is 3.51. The van der Waals surface area contributed by atoms with E-state index in [9.17, 15) is 0 Å². The molecule has 0 amide bonds. The van der Waals surface area contributed by atoms with E-state index in [0.717, 1.165) is 18.5 Å². The van der Waals surface area contributed by atoms with Crippen LogP contribution in [0.4, 0.5) is 0 Å². The summed E-state index contributed by atoms with van der Waals surface area (Å²) in [4.78, 5) is 2.77. The van der Waals surface area contributed by atoms with Crippen molar-refractivity contribution in [3.05, 3.63) is 0 Å². The number of nitrogens with zero attached hydrogens (tertiary/aromatic N) is 1. The fourth-order valence-corrected chi connectivity index (χ4v) is 3.21. The Bertz CT molecular complexity index is 197. The van der Waals surface area contributed by atoms with Gasteiger partial charge < -0.3 is 10.2 Å². The van der Waals surface area contributed by atoms with Crippen molar-refractivity contribution in [1.82, 2.24) is 10.2 Å². The second-order valence-corrected chi connectivity index (χ2v) is 6.43. The molecule has 1 rings (SSSR count). The van der Waals surface area contributed by atoms with Crippen LogP contribution in [0.5, 0.6) is 0 Å². The highest BCUT2D eigenvalue weighted by molar-refractivity contribution is 4.78. The molecule has 1 aliphatic carbocycles. The molecule has 18 heavy (non-hydrogen) atoms. The van der Waals surface area contributed by atoms with Gasteiger partial charge in [0.1, 0.15) is 0 Å². The lowest BCUT2D eigenvalue weighted by atomic mass is 10.1. The highest BCUT2D eigenvalue weighted by Crippen LogP contribution is 2.24. The van der Waals surface area contributed by atoms with Crippen LogP contribution in [0.15, 0.2) is 0 Å². The van der Waals surface area contributed by atoms with E-state index in [4.69, 9.17) is 0 Å². The van der Waals surface area contributed by atoms with Crippen molar-refractivity contribution in [2.45, 2.75) is 78.3 Å². The van der Waals surface area contributed by atoms with Gasteiger partial charge in [0.05, 0.1) is 0 Å². The van der Waals surface area contributed by atoms with Gasteiger partial charge in [-0.15, -0.1) is 0 Å². The molecule has 1 atom stereocenters. The Morgan fingerprint density at radius 3 is 2.39 bits per heavy atom. The Morgan fingerprint density at radius 1 is 1.17 bits per heavy atom. The van der Waals surface area contributed by atoms with E-state index in [2.05, 4.69) is 37.9 Å². The first kappa shape index (κ1) is 16.0. The molecule has 0 aliphatic heterocycles. The molecular weight excluding hydrogens is 220 g/mol. The van der Waals surface area contributed by atoms with E-state index in [1.165, 1.54) is 51.6 Å². The molecule has 1 N–H and O–H groups in total. The highest BCUT2D eigenvalue weighted by atomic mass is 15.2. The molecule has 2 nitrogen and oxygen atoms in total. The van der Waals surface area contributed by atoms with Crippen LogP contribution in [-0.4, -0.2) is 36.6 Å². The standard InChI is InChI=1S/C16H34N2/c1-5-17-15(4)9-8-12-18(13-14(2)3)16-10-6-7-11-16/h14-17H,5-13H2,1-4H3. The van der Waals surface area contributed by atoms with Gasteiger partial charge in [0.15, 0.2) is 0 Å². The summed E-state index contributed by atoms with van der Waals surface area (Å²) in [6.45, 7) is 12.9. The van der Waals surface area contributed by atoms with Gasteiger partial charge in [0.25, 0.3) is 0 Å². The molecule has 0 radical (unpaired) electrons. The van der Waals surface area contributed by atoms with Crippen LogP contribution < -0.4 is 5.32 Å². The largest absolute Gasteiger partial charge is 0.315 e. The van der Waals surface area contributed by atoms with Gasteiger partial charge in [-0.1, -0.05) is 33.6 Å². The van der Waals surface area contributed by atoms with Crippen molar-refractivity contribution in [2.75, 3.05) is 19.6 Å². The summed E-state index contributed by atoms with van der Waals surface area (Å²) in [5.41, 5.74) is 0. The molecule has 0 heterocycles. The lowest BCUT2D eigenvalue weighted by Gasteiger charge is -2.30. The van der Waals surface area contributed by atoms with E-state index in [1.807, 2.05) is 0 Å². The first-order chi connectivity index (χ1) is 8.63. The molecule has 0 aromatic carbocycles. The monoisotopic (exact) mass is 254 g/mol. The minimum Gasteiger partial charge on any atom is -0.315 e. The SMILES string of the molecule is CCNC(C)CCCN(CC(C)C)C1CCCC1. The van der Waals surface area contributed by atoms with Gasteiger partial charge in [0, 0.05) is 18.6 Å². The second kappa shape index (κ2) is 8.92.